The minimum atomic E-state index is -0.907. The van der Waals surface area contributed by atoms with Gasteiger partial charge in [-0.05, 0) is 45.2 Å². The molecule has 3 rings (SSSR count). The molecule has 1 fully saturated rings. The van der Waals surface area contributed by atoms with Crippen molar-refractivity contribution in [3.8, 4) is 0 Å². The zero-order chi connectivity index (χ0) is 16.0. The monoisotopic (exact) mass is 321 g/mol. The number of hydrogen-bond acceptors (Lipinski definition) is 3. The van der Waals surface area contributed by atoms with Crippen LogP contribution >= 0.6 is 0 Å². The number of carbonyl (C=O) groups excluding carboxylic acids is 1. The third-order valence-electron chi connectivity index (χ3n) is 4.48. The van der Waals surface area contributed by atoms with Gasteiger partial charge in [-0.3, -0.25) is 4.21 Å². The van der Waals surface area contributed by atoms with Crippen LogP contribution in [-0.2, 0) is 21.0 Å². The molecule has 22 heavy (non-hydrogen) atoms. The van der Waals surface area contributed by atoms with Gasteiger partial charge in [0.25, 0.3) is 0 Å². The molecule has 4 nitrogen and oxygen atoms in total. The zero-order valence-corrected chi connectivity index (χ0v) is 14.2. The van der Waals surface area contributed by atoms with Crippen LogP contribution in [0.25, 0.3) is 0 Å². The van der Waals surface area contributed by atoms with Crippen molar-refractivity contribution in [3.05, 3.63) is 29.8 Å². The fourth-order valence-corrected chi connectivity index (χ4v) is 5.23. The summed E-state index contributed by atoms with van der Waals surface area (Å²) in [7, 11) is -0.907. The maximum Gasteiger partial charge on any atom is 0.410 e. The summed E-state index contributed by atoms with van der Waals surface area (Å²) in [6.07, 6.45) is 1.47. The predicted octanol–water partition coefficient (Wildman–Crippen LogP) is 3.08. The van der Waals surface area contributed by atoms with Crippen molar-refractivity contribution >= 4 is 16.9 Å². The van der Waals surface area contributed by atoms with Crippen LogP contribution in [0.2, 0.25) is 0 Å². The van der Waals surface area contributed by atoms with Gasteiger partial charge in [-0.25, -0.2) is 4.79 Å². The van der Waals surface area contributed by atoms with E-state index in [2.05, 4.69) is 6.07 Å². The number of carbonyl (C=O) groups is 1. The maximum absolute atomic E-state index is 12.3. The lowest BCUT2D eigenvalue weighted by molar-refractivity contribution is 0.0174. The van der Waals surface area contributed by atoms with Crippen LogP contribution in [0.5, 0.6) is 0 Å². The summed E-state index contributed by atoms with van der Waals surface area (Å²) >= 11 is 0. The Bertz CT molecular complexity index is 613. The minimum absolute atomic E-state index is 0.0278. The van der Waals surface area contributed by atoms with Crippen molar-refractivity contribution in [1.29, 1.82) is 0 Å². The number of hydrogen-bond donors (Lipinski definition) is 0. The molecule has 2 aliphatic rings. The Hall–Kier alpha value is -1.36. The largest absolute Gasteiger partial charge is 0.444 e. The molecule has 0 bridgehead atoms. The molecule has 2 aliphatic heterocycles. The van der Waals surface area contributed by atoms with E-state index in [9.17, 15) is 9.00 Å². The van der Waals surface area contributed by atoms with Gasteiger partial charge in [0.05, 0.1) is 10.8 Å². The normalized spacial score (nSPS) is 23.4. The average Bonchev–Trinajstić information content (AvgIpc) is 2.71. The molecule has 1 aromatic carbocycles. The Morgan fingerprint density at radius 2 is 1.86 bits per heavy atom. The highest BCUT2D eigenvalue weighted by atomic mass is 32.2. The number of benzene rings is 1. The number of amides is 1. The predicted molar refractivity (Wildman–Crippen MR) is 86.4 cm³/mol. The molecule has 0 aliphatic carbocycles. The molecule has 120 valence electrons. The molecule has 5 heteroatoms. The van der Waals surface area contributed by atoms with E-state index >= 15 is 0 Å². The minimum Gasteiger partial charge on any atom is -0.444 e. The highest BCUT2D eigenvalue weighted by molar-refractivity contribution is 7.85. The van der Waals surface area contributed by atoms with Gasteiger partial charge in [0.1, 0.15) is 5.60 Å². The van der Waals surface area contributed by atoms with Gasteiger partial charge in [0.2, 0.25) is 0 Å². The fourth-order valence-electron chi connectivity index (χ4n) is 3.37. The van der Waals surface area contributed by atoms with E-state index in [1.807, 2.05) is 39.0 Å². The van der Waals surface area contributed by atoms with Gasteiger partial charge in [-0.15, -0.1) is 0 Å². The van der Waals surface area contributed by atoms with Crippen molar-refractivity contribution in [1.82, 2.24) is 4.90 Å². The molecule has 0 N–H and O–H groups in total. The van der Waals surface area contributed by atoms with Gasteiger partial charge in [-0.1, -0.05) is 18.2 Å². The van der Waals surface area contributed by atoms with E-state index in [0.29, 0.717) is 18.8 Å². The first-order valence-corrected chi connectivity index (χ1v) is 9.08. The summed E-state index contributed by atoms with van der Waals surface area (Å²) in [6, 6.07) is 8.04. The molecule has 1 unspecified atom stereocenters. The SMILES string of the molecule is CC(C)(C)OC(=O)N1CCC2(CC1)CS(=O)c1ccccc12. The Balaban J connectivity index is 1.73. The fraction of sp³-hybridized carbons (Fsp3) is 0.588. The molecule has 1 amide bonds. The molecular weight excluding hydrogens is 298 g/mol. The molecule has 1 aromatic rings. The molecule has 2 heterocycles. The first-order chi connectivity index (χ1) is 10.3. The average molecular weight is 321 g/mol. The molecule has 1 spiro atoms. The van der Waals surface area contributed by atoms with Crippen LogP contribution in [0.4, 0.5) is 4.79 Å². The number of rotatable bonds is 0. The molecule has 0 aromatic heterocycles. The first kappa shape index (κ1) is 15.5. The molecule has 1 saturated heterocycles. The van der Waals surface area contributed by atoms with E-state index in [0.717, 1.165) is 17.7 Å². The van der Waals surface area contributed by atoms with Crippen molar-refractivity contribution in [2.45, 2.75) is 49.5 Å². The number of piperidine rings is 1. The molecule has 1 atom stereocenters. The van der Waals surface area contributed by atoms with Gasteiger partial charge in [0.15, 0.2) is 0 Å². The topological polar surface area (TPSA) is 46.6 Å². The number of nitrogens with zero attached hydrogens (tertiary/aromatic N) is 1. The van der Waals surface area contributed by atoms with Crippen molar-refractivity contribution in [2.75, 3.05) is 18.8 Å². The molecular formula is C17H23NO3S. The molecule has 0 saturated carbocycles. The number of fused-ring (bicyclic) bond motifs is 2. The second kappa shape index (κ2) is 5.37. The van der Waals surface area contributed by atoms with Crippen LogP contribution in [0, 0.1) is 0 Å². The van der Waals surface area contributed by atoms with Gasteiger partial charge >= 0.3 is 6.09 Å². The summed E-state index contributed by atoms with van der Waals surface area (Å²) < 4.78 is 17.8. The third kappa shape index (κ3) is 2.78. The van der Waals surface area contributed by atoms with E-state index in [4.69, 9.17) is 4.74 Å². The second-order valence-corrected chi connectivity index (χ2v) is 8.65. The zero-order valence-electron chi connectivity index (χ0n) is 13.4. The van der Waals surface area contributed by atoms with Crippen LogP contribution in [0.15, 0.2) is 29.2 Å². The Kier molecular flexibility index (Phi) is 3.79. The summed E-state index contributed by atoms with van der Waals surface area (Å²) in [5.74, 6) is 0.689. The second-order valence-electron chi connectivity index (χ2n) is 7.23. The lowest BCUT2D eigenvalue weighted by atomic mass is 9.74. The standard InChI is InChI=1S/C17H23NO3S/c1-16(2,3)21-15(19)18-10-8-17(9-11-18)12-22(20)14-7-5-4-6-13(14)17/h4-7H,8-12H2,1-3H3. The Morgan fingerprint density at radius 3 is 2.50 bits per heavy atom. The van der Waals surface area contributed by atoms with E-state index in [-0.39, 0.29) is 11.5 Å². The summed E-state index contributed by atoms with van der Waals surface area (Å²) in [5, 5.41) is 0. The lowest BCUT2D eigenvalue weighted by Gasteiger charge is -2.39. The van der Waals surface area contributed by atoms with Crippen LogP contribution in [0.1, 0.15) is 39.2 Å². The summed E-state index contributed by atoms with van der Waals surface area (Å²) in [6.45, 7) is 6.98. The van der Waals surface area contributed by atoms with Crippen LogP contribution < -0.4 is 0 Å². The first-order valence-electron chi connectivity index (χ1n) is 7.77. The van der Waals surface area contributed by atoms with Crippen LogP contribution in [0.3, 0.4) is 0 Å². The summed E-state index contributed by atoms with van der Waals surface area (Å²) in [4.78, 5) is 14.9. The Morgan fingerprint density at radius 1 is 1.23 bits per heavy atom. The summed E-state index contributed by atoms with van der Waals surface area (Å²) in [5.41, 5.74) is 0.727. The van der Waals surface area contributed by atoms with Crippen LogP contribution in [-0.4, -0.2) is 39.6 Å². The van der Waals surface area contributed by atoms with E-state index in [1.54, 1.807) is 4.90 Å². The van der Waals surface area contributed by atoms with Crippen molar-refractivity contribution < 1.29 is 13.7 Å². The van der Waals surface area contributed by atoms with Crippen molar-refractivity contribution in [2.24, 2.45) is 0 Å². The van der Waals surface area contributed by atoms with Gasteiger partial charge < -0.3 is 9.64 Å². The number of likely N-dealkylation sites (tertiary alicyclic amines) is 1. The highest BCUT2D eigenvalue weighted by Crippen LogP contribution is 2.44. The maximum atomic E-state index is 12.3. The Labute approximate surface area is 134 Å². The smallest absolute Gasteiger partial charge is 0.410 e. The highest BCUT2D eigenvalue weighted by Gasteiger charge is 2.45. The van der Waals surface area contributed by atoms with Gasteiger partial charge in [-0.2, -0.15) is 0 Å². The lowest BCUT2D eigenvalue weighted by Crippen LogP contribution is -2.47. The number of ether oxygens (including phenoxy) is 1. The quantitative estimate of drug-likeness (QED) is 0.738. The van der Waals surface area contributed by atoms with E-state index < -0.39 is 16.4 Å². The third-order valence-corrected chi connectivity index (χ3v) is 6.14. The van der Waals surface area contributed by atoms with Gasteiger partial charge in [0, 0.05) is 29.2 Å². The molecule has 0 radical (unpaired) electrons. The van der Waals surface area contributed by atoms with E-state index in [1.165, 1.54) is 5.56 Å². The van der Waals surface area contributed by atoms with Crippen molar-refractivity contribution in [3.63, 3.8) is 0 Å².